The highest BCUT2D eigenvalue weighted by Gasteiger charge is 2.32. The second-order valence-corrected chi connectivity index (χ2v) is 4.02. The average molecular weight is 219 g/mol. The number of nitrogens with zero attached hydrogens (tertiary/aromatic N) is 2. The van der Waals surface area contributed by atoms with Crippen molar-refractivity contribution in [3.05, 3.63) is 35.6 Å². The van der Waals surface area contributed by atoms with Crippen LogP contribution in [0.1, 0.15) is 11.6 Å². The monoisotopic (exact) mass is 219 g/mol. The SMILES string of the molecule is CNC1CN([C@H](C#N)c2ccc(F)cc2)C1. The molecule has 0 spiro atoms. The molecule has 3 nitrogen and oxygen atoms in total. The topological polar surface area (TPSA) is 39.1 Å². The number of likely N-dealkylation sites (tertiary alicyclic amines) is 1. The van der Waals surface area contributed by atoms with Gasteiger partial charge in [-0.3, -0.25) is 4.90 Å². The molecule has 4 heteroatoms. The fourth-order valence-corrected chi connectivity index (χ4v) is 1.92. The summed E-state index contributed by atoms with van der Waals surface area (Å²) in [6.07, 6.45) is 0. The largest absolute Gasteiger partial charge is 0.315 e. The van der Waals surface area contributed by atoms with Crippen molar-refractivity contribution in [2.24, 2.45) is 0 Å². The minimum Gasteiger partial charge on any atom is -0.315 e. The summed E-state index contributed by atoms with van der Waals surface area (Å²) in [7, 11) is 1.92. The van der Waals surface area contributed by atoms with Crippen molar-refractivity contribution in [3.63, 3.8) is 0 Å². The Hall–Kier alpha value is -1.44. The molecular weight excluding hydrogens is 205 g/mol. The third-order valence-corrected chi connectivity index (χ3v) is 2.99. The van der Waals surface area contributed by atoms with Gasteiger partial charge >= 0.3 is 0 Å². The molecule has 1 aliphatic heterocycles. The first-order valence-corrected chi connectivity index (χ1v) is 5.31. The summed E-state index contributed by atoms with van der Waals surface area (Å²) < 4.78 is 12.8. The number of hydrogen-bond donors (Lipinski definition) is 1. The summed E-state index contributed by atoms with van der Waals surface area (Å²) in [6.45, 7) is 1.73. The second kappa shape index (κ2) is 4.60. The minimum atomic E-state index is -0.267. The van der Waals surface area contributed by atoms with Crippen LogP contribution in [0, 0.1) is 17.1 Å². The van der Waals surface area contributed by atoms with Crippen LogP contribution in [0.5, 0.6) is 0 Å². The van der Waals surface area contributed by atoms with Gasteiger partial charge in [0.1, 0.15) is 11.9 Å². The number of rotatable bonds is 3. The Kier molecular flexibility index (Phi) is 3.18. The van der Waals surface area contributed by atoms with Crippen molar-refractivity contribution >= 4 is 0 Å². The Morgan fingerprint density at radius 1 is 1.44 bits per heavy atom. The predicted octanol–water partition coefficient (Wildman–Crippen LogP) is 1.29. The molecule has 0 bridgehead atoms. The lowest BCUT2D eigenvalue weighted by molar-refractivity contribution is 0.104. The number of hydrogen-bond acceptors (Lipinski definition) is 3. The van der Waals surface area contributed by atoms with Gasteiger partial charge < -0.3 is 5.32 Å². The average Bonchev–Trinajstić information content (AvgIpc) is 2.24. The lowest BCUT2D eigenvalue weighted by atomic mass is 10.0. The zero-order chi connectivity index (χ0) is 11.5. The molecule has 1 aromatic rings. The molecule has 84 valence electrons. The molecule has 1 aliphatic rings. The van der Waals surface area contributed by atoms with E-state index in [4.69, 9.17) is 5.26 Å². The van der Waals surface area contributed by atoms with Gasteiger partial charge in [0.05, 0.1) is 6.07 Å². The molecule has 0 radical (unpaired) electrons. The minimum absolute atomic E-state index is 0.259. The highest BCUT2D eigenvalue weighted by atomic mass is 19.1. The van der Waals surface area contributed by atoms with E-state index in [9.17, 15) is 4.39 Å². The first kappa shape index (κ1) is 11.1. The van der Waals surface area contributed by atoms with Crippen molar-refractivity contribution in [2.45, 2.75) is 12.1 Å². The maximum Gasteiger partial charge on any atom is 0.123 e. The lowest BCUT2D eigenvalue weighted by Crippen LogP contribution is -2.57. The molecule has 0 aliphatic carbocycles. The Morgan fingerprint density at radius 2 is 2.06 bits per heavy atom. The van der Waals surface area contributed by atoms with Crippen LogP contribution in [0.15, 0.2) is 24.3 Å². The molecule has 2 rings (SSSR count). The van der Waals surface area contributed by atoms with Gasteiger partial charge in [-0.25, -0.2) is 4.39 Å². The molecule has 0 aromatic heterocycles. The van der Waals surface area contributed by atoms with Crippen molar-refractivity contribution in [1.29, 1.82) is 5.26 Å². The smallest absolute Gasteiger partial charge is 0.123 e. The molecule has 0 unspecified atom stereocenters. The standard InChI is InChI=1S/C12H14FN3/c1-15-11-7-16(8-11)12(6-14)9-2-4-10(13)5-3-9/h2-5,11-12,15H,7-8H2,1H3/t12-/m1/s1. The Labute approximate surface area is 94.5 Å². The van der Waals surface area contributed by atoms with E-state index in [0.29, 0.717) is 6.04 Å². The quantitative estimate of drug-likeness (QED) is 0.832. The lowest BCUT2D eigenvalue weighted by Gasteiger charge is -2.41. The van der Waals surface area contributed by atoms with Crippen LogP contribution in [-0.4, -0.2) is 31.1 Å². The molecule has 16 heavy (non-hydrogen) atoms. The molecule has 0 saturated carbocycles. The van der Waals surface area contributed by atoms with Crippen LogP contribution in [0.25, 0.3) is 0 Å². The van der Waals surface area contributed by atoms with Crippen LogP contribution in [-0.2, 0) is 0 Å². The van der Waals surface area contributed by atoms with Crippen LogP contribution in [0.2, 0.25) is 0 Å². The van der Waals surface area contributed by atoms with E-state index in [0.717, 1.165) is 18.7 Å². The van der Waals surface area contributed by atoms with Gasteiger partial charge in [-0.2, -0.15) is 5.26 Å². The first-order valence-electron chi connectivity index (χ1n) is 5.31. The van der Waals surface area contributed by atoms with Crippen molar-refractivity contribution in [1.82, 2.24) is 10.2 Å². The van der Waals surface area contributed by atoms with E-state index < -0.39 is 0 Å². The zero-order valence-electron chi connectivity index (χ0n) is 9.15. The van der Waals surface area contributed by atoms with E-state index in [1.807, 2.05) is 7.05 Å². The van der Waals surface area contributed by atoms with E-state index in [1.165, 1.54) is 12.1 Å². The molecule has 1 N–H and O–H groups in total. The third-order valence-electron chi connectivity index (χ3n) is 2.99. The molecule has 1 saturated heterocycles. The van der Waals surface area contributed by atoms with Gasteiger partial charge in [-0.15, -0.1) is 0 Å². The fraction of sp³-hybridized carbons (Fsp3) is 0.417. The molecule has 0 amide bonds. The van der Waals surface area contributed by atoms with Gasteiger partial charge in [-0.1, -0.05) is 12.1 Å². The molecular formula is C12H14FN3. The van der Waals surface area contributed by atoms with E-state index >= 15 is 0 Å². The third kappa shape index (κ3) is 2.06. The number of benzene rings is 1. The summed E-state index contributed by atoms with van der Waals surface area (Å²) in [6, 6.07) is 8.62. The number of likely N-dealkylation sites (N-methyl/N-ethyl adjacent to an activating group) is 1. The van der Waals surface area contributed by atoms with Crippen LogP contribution in [0.3, 0.4) is 0 Å². The maximum atomic E-state index is 12.8. The molecule has 1 heterocycles. The molecule has 1 atom stereocenters. The Balaban J connectivity index is 2.07. The summed E-state index contributed by atoms with van der Waals surface area (Å²) in [5.41, 5.74) is 0.860. The van der Waals surface area contributed by atoms with E-state index in [-0.39, 0.29) is 11.9 Å². The van der Waals surface area contributed by atoms with Crippen LogP contribution >= 0.6 is 0 Å². The van der Waals surface area contributed by atoms with Crippen LogP contribution in [0.4, 0.5) is 4.39 Å². The highest BCUT2D eigenvalue weighted by Crippen LogP contribution is 2.25. The zero-order valence-corrected chi connectivity index (χ0v) is 9.15. The second-order valence-electron chi connectivity index (χ2n) is 4.02. The van der Waals surface area contributed by atoms with Gasteiger partial charge in [0.2, 0.25) is 0 Å². The summed E-state index contributed by atoms with van der Waals surface area (Å²) in [5, 5.41) is 12.3. The molecule has 1 fully saturated rings. The molecule has 1 aromatic carbocycles. The van der Waals surface area contributed by atoms with E-state index in [2.05, 4.69) is 16.3 Å². The number of nitriles is 1. The van der Waals surface area contributed by atoms with Gasteiger partial charge in [0.15, 0.2) is 0 Å². The van der Waals surface area contributed by atoms with Crippen molar-refractivity contribution < 1.29 is 4.39 Å². The van der Waals surface area contributed by atoms with Gasteiger partial charge in [-0.05, 0) is 24.7 Å². The number of nitrogens with one attached hydrogen (secondary N) is 1. The van der Waals surface area contributed by atoms with Gasteiger partial charge in [0, 0.05) is 19.1 Å². The Bertz CT molecular complexity index is 390. The van der Waals surface area contributed by atoms with E-state index in [1.54, 1.807) is 12.1 Å². The fourth-order valence-electron chi connectivity index (χ4n) is 1.92. The summed E-state index contributed by atoms with van der Waals surface area (Å²) >= 11 is 0. The van der Waals surface area contributed by atoms with Crippen molar-refractivity contribution in [2.75, 3.05) is 20.1 Å². The summed E-state index contributed by atoms with van der Waals surface area (Å²) in [5.74, 6) is -0.267. The first-order chi connectivity index (χ1) is 7.74. The predicted molar refractivity (Wildman–Crippen MR) is 59.2 cm³/mol. The normalized spacial score (nSPS) is 18.8. The number of halogens is 1. The Morgan fingerprint density at radius 3 is 2.56 bits per heavy atom. The maximum absolute atomic E-state index is 12.8. The highest BCUT2D eigenvalue weighted by molar-refractivity contribution is 5.25. The van der Waals surface area contributed by atoms with Gasteiger partial charge in [0.25, 0.3) is 0 Å². The summed E-state index contributed by atoms with van der Waals surface area (Å²) in [4.78, 5) is 2.08. The van der Waals surface area contributed by atoms with Crippen molar-refractivity contribution in [3.8, 4) is 6.07 Å². The van der Waals surface area contributed by atoms with Crippen LogP contribution < -0.4 is 5.32 Å².